The van der Waals surface area contributed by atoms with Gasteiger partial charge in [-0.25, -0.2) is 0 Å². The molecule has 2 rings (SSSR count). The molecule has 1 fully saturated rings. The quantitative estimate of drug-likeness (QED) is 0.774. The highest BCUT2D eigenvalue weighted by molar-refractivity contribution is 6.31. The Hall–Kier alpha value is -0.440. The van der Waals surface area contributed by atoms with E-state index in [4.69, 9.17) is 27.9 Å². The molecule has 0 aliphatic carbocycles. The van der Waals surface area contributed by atoms with Crippen molar-refractivity contribution in [2.24, 2.45) is 0 Å². The fourth-order valence-electron chi connectivity index (χ4n) is 2.36. The summed E-state index contributed by atoms with van der Waals surface area (Å²) >= 11 is 12.0. The molecule has 1 aliphatic rings. The van der Waals surface area contributed by atoms with Gasteiger partial charge in [0.1, 0.15) is 0 Å². The average molecular weight is 288 g/mol. The van der Waals surface area contributed by atoms with E-state index in [1.54, 1.807) is 0 Å². The molecule has 1 saturated heterocycles. The summed E-state index contributed by atoms with van der Waals surface area (Å²) in [4.78, 5) is 2.19. The third-order valence-electron chi connectivity index (χ3n) is 3.35. The molecular formula is C14H19Cl2NO. The van der Waals surface area contributed by atoms with Crippen molar-refractivity contribution in [3.05, 3.63) is 28.8 Å². The Kier molecular flexibility index (Phi) is 5.16. The van der Waals surface area contributed by atoms with E-state index in [0.717, 1.165) is 35.8 Å². The van der Waals surface area contributed by atoms with Gasteiger partial charge in [-0.1, -0.05) is 17.7 Å². The highest BCUT2D eigenvalue weighted by atomic mass is 35.5. The summed E-state index contributed by atoms with van der Waals surface area (Å²) in [6.07, 6.45) is 3.91. The number of hydrogen-bond donors (Lipinski definition) is 0. The van der Waals surface area contributed by atoms with Gasteiger partial charge in [0.05, 0.1) is 6.10 Å². The van der Waals surface area contributed by atoms with Gasteiger partial charge in [-0.15, -0.1) is 11.6 Å². The lowest BCUT2D eigenvalue weighted by Crippen LogP contribution is -2.33. The Labute approximate surface area is 119 Å². The van der Waals surface area contributed by atoms with Gasteiger partial charge in [0, 0.05) is 36.8 Å². The van der Waals surface area contributed by atoms with Gasteiger partial charge >= 0.3 is 0 Å². The van der Waals surface area contributed by atoms with E-state index in [0.29, 0.717) is 12.0 Å². The molecule has 0 radical (unpaired) electrons. The first-order valence-corrected chi connectivity index (χ1v) is 7.29. The summed E-state index contributed by atoms with van der Waals surface area (Å²) < 4.78 is 5.77. The maximum atomic E-state index is 6.06. The van der Waals surface area contributed by atoms with Crippen LogP contribution >= 0.6 is 23.2 Å². The second-order valence-corrected chi connectivity index (χ2v) is 5.48. The van der Waals surface area contributed by atoms with Crippen LogP contribution < -0.4 is 4.90 Å². The van der Waals surface area contributed by atoms with Crippen LogP contribution in [0.1, 0.15) is 24.8 Å². The Morgan fingerprint density at radius 2 is 2.22 bits per heavy atom. The van der Waals surface area contributed by atoms with E-state index in [9.17, 15) is 0 Å². The molecule has 1 aliphatic heterocycles. The van der Waals surface area contributed by atoms with Crippen molar-refractivity contribution in [2.45, 2.75) is 31.2 Å². The lowest BCUT2D eigenvalue weighted by Gasteiger charge is -2.29. The van der Waals surface area contributed by atoms with Crippen molar-refractivity contribution in [3.8, 4) is 0 Å². The van der Waals surface area contributed by atoms with E-state index in [-0.39, 0.29) is 0 Å². The number of ether oxygens (including phenoxy) is 1. The van der Waals surface area contributed by atoms with Crippen LogP contribution in [-0.4, -0.2) is 26.3 Å². The maximum absolute atomic E-state index is 6.06. The van der Waals surface area contributed by atoms with Gasteiger partial charge in [0.15, 0.2) is 0 Å². The second kappa shape index (κ2) is 6.65. The third kappa shape index (κ3) is 3.53. The summed E-state index contributed by atoms with van der Waals surface area (Å²) in [5.41, 5.74) is 2.21. The molecule has 0 saturated carbocycles. The van der Waals surface area contributed by atoms with Gasteiger partial charge in [-0.05, 0) is 37.0 Å². The van der Waals surface area contributed by atoms with Gasteiger partial charge in [0.25, 0.3) is 0 Å². The normalized spacial score (nSPS) is 19.8. The van der Waals surface area contributed by atoms with Gasteiger partial charge in [0.2, 0.25) is 0 Å². The molecule has 0 aromatic heterocycles. The minimum Gasteiger partial charge on any atom is -0.376 e. The summed E-state index contributed by atoms with van der Waals surface area (Å²) in [6.45, 7) is 1.78. The topological polar surface area (TPSA) is 12.5 Å². The van der Waals surface area contributed by atoms with Crippen molar-refractivity contribution in [1.29, 1.82) is 0 Å². The molecule has 1 atom stereocenters. The van der Waals surface area contributed by atoms with Crippen molar-refractivity contribution < 1.29 is 4.74 Å². The highest BCUT2D eigenvalue weighted by Gasteiger charge is 2.17. The monoisotopic (exact) mass is 287 g/mol. The molecular weight excluding hydrogens is 269 g/mol. The van der Waals surface area contributed by atoms with E-state index in [1.807, 2.05) is 18.2 Å². The Balaban J connectivity index is 2.07. The zero-order valence-corrected chi connectivity index (χ0v) is 12.2. The number of likely N-dealkylation sites (N-methyl/N-ethyl adjacent to an activating group) is 1. The largest absolute Gasteiger partial charge is 0.376 e. The predicted molar refractivity (Wildman–Crippen MR) is 77.9 cm³/mol. The minimum absolute atomic E-state index is 0.325. The molecule has 0 amide bonds. The fraction of sp³-hybridized carbons (Fsp3) is 0.571. The second-order valence-electron chi connectivity index (χ2n) is 4.78. The first-order valence-electron chi connectivity index (χ1n) is 6.38. The molecule has 1 unspecified atom stereocenters. The van der Waals surface area contributed by atoms with Crippen LogP contribution in [0.2, 0.25) is 5.02 Å². The number of anilines is 1. The van der Waals surface area contributed by atoms with Crippen molar-refractivity contribution in [3.63, 3.8) is 0 Å². The third-order valence-corrected chi connectivity index (χ3v) is 3.88. The smallest absolute Gasteiger partial charge is 0.0749 e. The van der Waals surface area contributed by atoms with E-state index in [2.05, 4.69) is 11.9 Å². The SMILES string of the molecule is CN(CC1CCCCO1)c1cc(Cl)ccc1CCl. The highest BCUT2D eigenvalue weighted by Crippen LogP contribution is 2.26. The number of benzene rings is 1. The molecule has 100 valence electrons. The molecule has 4 heteroatoms. The number of halogens is 2. The van der Waals surface area contributed by atoms with Crippen LogP contribution in [0.4, 0.5) is 5.69 Å². The van der Waals surface area contributed by atoms with Gasteiger partial charge in [-0.3, -0.25) is 0 Å². The van der Waals surface area contributed by atoms with Crippen LogP contribution in [0, 0.1) is 0 Å². The van der Waals surface area contributed by atoms with Crippen LogP contribution in [0.25, 0.3) is 0 Å². The van der Waals surface area contributed by atoms with Gasteiger partial charge in [-0.2, -0.15) is 0 Å². The lowest BCUT2D eigenvalue weighted by molar-refractivity contribution is 0.0216. The first kappa shape index (κ1) is 14.0. The minimum atomic E-state index is 0.325. The van der Waals surface area contributed by atoms with Crippen LogP contribution in [-0.2, 0) is 10.6 Å². The lowest BCUT2D eigenvalue weighted by atomic mass is 10.1. The standard InChI is InChI=1S/C14H19Cl2NO/c1-17(10-13-4-2-3-7-18-13)14-8-12(16)6-5-11(14)9-15/h5-6,8,13H,2-4,7,9-10H2,1H3. The predicted octanol–water partition coefficient (Wildman–Crippen LogP) is 4.08. The molecule has 1 aromatic rings. The summed E-state index contributed by atoms with van der Waals surface area (Å²) in [5, 5.41) is 0.746. The number of hydrogen-bond acceptors (Lipinski definition) is 2. The van der Waals surface area contributed by atoms with Crippen molar-refractivity contribution in [1.82, 2.24) is 0 Å². The summed E-state index contributed by atoms with van der Waals surface area (Å²) in [7, 11) is 2.07. The zero-order valence-electron chi connectivity index (χ0n) is 10.7. The molecule has 1 aromatic carbocycles. The number of rotatable bonds is 4. The summed E-state index contributed by atoms with van der Waals surface area (Å²) in [5.74, 6) is 0.502. The number of alkyl halides is 1. The Morgan fingerprint density at radius 3 is 2.89 bits per heavy atom. The van der Waals surface area contributed by atoms with Crippen molar-refractivity contribution >= 4 is 28.9 Å². The maximum Gasteiger partial charge on any atom is 0.0749 e. The molecule has 1 heterocycles. The first-order chi connectivity index (χ1) is 8.70. The fourth-order valence-corrected chi connectivity index (χ4v) is 2.75. The Morgan fingerprint density at radius 1 is 1.39 bits per heavy atom. The van der Waals surface area contributed by atoms with Crippen molar-refractivity contribution in [2.75, 3.05) is 25.1 Å². The molecule has 0 bridgehead atoms. The molecule has 0 N–H and O–H groups in total. The zero-order chi connectivity index (χ0) is 13.0. The van der Waals surface area contributed by atoms with Crippen LogP contribution in [0.15, 0.2) is 18.2 Å². The molecule has 0 spiro atoms. The molecule has 2 nitrogen and oxygen atoms in total. The molecule has 18 heavy (non-hydrogen) atoms. The number of nitrogens with zero attached hydrogens (tertiary/aromatic N) is 1. The Bertz CT molecular complexity index is 391. The van der Waals surface area contributed by atoms with Crippen LogP contribution in [0.3, 0.4) is 0 Å². The van der Waals surface area contributed by atoms with E-state index < -0.39 is 0 Å². The summed E-state index contributed by atoms with van der Waals surface area (Å²) in [6, 6.07) is 5.85. The van der Waals surface area contributed by atoms with E-state index >= 15 is 0 Å². The average Bonchev–Trinajstić information content (AvgIpc) is 2.40. The van der Waals surface area contributed by atoms with E-state index in [1.165, 1.54) is 12.8 Å². The van der Waals surface area contributed by atoms with Crippen LogP contribution in [0.5, 0.6) is 0 Å². The van der Waals surface area contributed by atoms with Gasteiger partial charge < -0.3 is 9.64 Å².